The van der Waals surface area contributed by atoms with Crippen LogP contribution in [0.1, 0.15) is 49.3 Å². The first-order valence-corrected chi connectivity index (χ1v) is 11.1. The zero-order valence-electron chi connectivity index (χ0n) is 18.3. The van der Waals surface area contributed by atoms with Crippen molar-refractivity contribution in [3.63, 3.8) is 0 Å². The van der Waals surface area contributed by atoms with Gasteiger partial charge in [0.25, 0.3) is 0 Å². The van der Waals surface area contributed by atoms with Gasteiger partial charge in [0.2, 0.25) is 0 Å². The number of hydrogen-bond donors (Lipinski definition) is 1. The lowest BCUT2D eigenvalue weighted by molar-refractivity contribution is 0.107. The van der Waals surface area contributed by atoms with Crippen LogP contribution >= 0.6 is 12.4 Å². The van der Waals surface area contributed by atoms with E-state index in [0.29, 0.717) is 12.5 Å². The number of methoxy groups -OCH3 is 1. The summed E-state index contributed by atoms with van der Waals surface area (Å²) in [5, 5.41) is 3.78. The Balaban J connectivity index is 0.00000341. The van der Waals surface area contributed by atoms with Gasteiger partial charge in [-0.05, 0) is 56.8 Å². The predicted octanol–water partition coefficient (Wildman–Crippen LogP) is 5.89. The smallest absolute Gasteiger partial charge is 0.128 e. The van der Waals surface area contributed by atoms with Crippen molar-refractivity contribution in [3.05, 3.63) is 65.7 Å². The summed E-state index contributed by atoms with van der Waals surface area (Å²) in [7, 11) is 1.71. The molecule has 0 radical (unpaired) electrons. The van der Waals surface area contributed by atoms with Crippen LogP contribution in [0.2, 0.25) is 0 Å². The van der Waals surface area contributed by atoms with Crippen LogP contribution < -0.4 is 10.1 Å². The average molecular weight is 453 g/mol. The molecule has 3 atom stereocenters. The number of benzene rings is 2. The summed E-state index contributed by atoms with van der Waals surface area (Å²) in [6, 6.07) is 19.3. The van der Waals surface area contributed by atoms with E-state index in [1.54, 1.807) is 7.11 Å². The summed E-state index contributed by atoms with van der Waals surface area (Å²) >= 11 is 0. The first-order chi connectivity index (χ1) is 14.7. The SMILES string of the molecule is COc1ccccc1CN[C@H]1CCCN(CCCC[C@H](F)CF)[C@H]1c1ccccc1.Cl. The molecule has 0 bridgehead atoms. The van der Waals surface area contributed by atoms with Gasteiger partial charge in [-0.2, -0.15) is 0 Å². The lowest BCUT2D eigenvalue weighted by Gasteiger charge is -2.42. The van der Waals surface area contributed by atoms with Crippen LogP contribution in [0.15, 0.2) is 54.6 Å². The highest BCUT2D eigenvalue weighted by Gasteiger charge is 2.32. The topological polar surface area (TPSA) is 24.5 Å². The molecule has 1 fully saturated rings. The minimum absolute atomic E-state index is 0. The van der Waals surface area contributed by atoms with E-state index in [0.717, 1.165) is 56.6 Å². The minimum Gasteiger partial charge on any atom is -0.496 e. The van der Waals surface area contributed by atoms with Crippen LogP contribution in [0.5, 0.6) is 5.75 Å². The number of hydrogen-bond acceptors (Lipinski definition) is 3. The van der Waals surface area contributed by atoms with Crippen molar-refractivity contribution in [2.24, 2.45) is 0 Å². The third kappa shape index (κ3) is 7.44. The molecule has 1 heterocycles. The van der Waals surface area contributed by atoms with Crippen molar-refractivity contribution in [3.8, 4) is 5.75 Å². The number of para-hydroxylation sites is 1. The maximum absolute atomic E-state index is 13.2. The zero-order chi connectivity index (χ0) is 21.2. The van der Waals surface area contributed by atoms with E-state index in [1.165, 1.54) is 5.56 Å². The van der Waals surface area contributed by atoms with Crippen LogP contribution in [0.4, 0.5) is 8.78 Å². The zero-order valence-corrected chi connectivity index (χ0v) is 19.1. The Morgan fingerprint density at radius 1 is 1.10 bits per heavy atom. The van der Waals surface area contributed by atoms with Gasteiger partial charge in [0.05, 0.1) is 13.2 Å². The molecule has 1 saturated heterocycles. The molecule has 0 saturated carbocycles. The van der Waals surface area contributed by atoms with Crippen molar-refractivity contribution in [1.82, 2.24) is 10.2 Å². The maximum atomic E-state index is 13.2. The number of nitrogens with one attached hydrogen (secondary N) is 1. The van der Waals surface area contributed by atoms with E-state index in [9.17, 15) is 8.78 Å². The largest absolute Gasteiger partial charge is 0.496 e. The third-order valence-electron chi connectivity index (χ3n) is 6.00. The van der Waals surface area contributed by atoms with Gasteiger partial charge >= 0.3 is 0 Å². The highest BCUT2D eigenvalue weighted by molar-refractivity contribution is 5.85. The molecule has 2 aromatic rings. The number of piperidine rings is 1. The van der Waals surface area contributed by atoms with Crippen molar-refractivity contribution in [2.75, 3.05) is 26.9 Å². The normalized spacial score (nSPS) is 20.1. The fourth-order valence-corrected chi connectivity index (χ4v) is 4.47. The predicted molar refractivity (Wildman–Crippen MR) is 126 cm³/mol. The molecule has 1 aliphatic rings. The van der Waals surface area contributed by atoms with E-state index in [1.807, 2.05) is 24.3 Å². The second kappa shape index (κ2) is 13.7. The second-order valence-corrected chi connectivity index (χ2v) is 8.08. The van der Waals surface area contributed by atoms with Crippen molar-refractivity contribution >= 4 is 12.4 Å². The van der Waals surface area contributed by atoms with Crippen LogP contribution in [0.25, 0.3) is 0 Å². The van der Waals surface area contributed by atoms with Crippen LogP contribution in [-0.4, -0.2) is 44.0 Å². The van der Waals surface area contributed by atoms with Gasteiger partial charge in [-0.3, -0.25) is 4.90 Å². The molecule has 0 amide bonds. The van der Waals surface area contributed by atoms with Gasteiger partial charge in [-0.15, -0.1) is 12.4 Å². The molecule has 3 nitrogen and oxygen atoms in total. The molecule has 0 aromatic heterocycles. The molecule has 6 heteroatoms. The van der Waals surface area contributed by atoms with E-state index in [4.69, 9.17) is 4.74 Å². The first-order valence-electron chi connectivity index (χ1n) is 11.1. The Labute approximate surface area is 191 Å². The Bertz CT molecular complexity index is 749. The fourth-order valence-electron chi connectivity index (χ4n) is 4.47. The first kappa shape index (κ1) is 25.6. The summed E-state index contributed by atoms with van der Waals surface area (Å²) in [6.07, 6.45) is 2.86. The standard InChI is InChI=1S/C25H34F2N2O.ClH/c1-30-24-15-6-5-12-21(24)19-28-23-14-9-17-29(16-8-7-13-22(27)18-26)25(23)20-10-3-2-4-11-20;/h2-6,10-12,15,22-23,25,28H,7-9,13-14,16-19H2,1H3;1H/t22-,23-,25-;/m0./s1. The second-order valence-electron chi connectivity index (χ2n) is 8.08. The van der Waals surface area contributed by atoms with Crippen LogP contribution in [0, 0.1) is 0 Å². The van der Waals surface area contributed by atoms with Gasteiger partial charge in [-0.1, -0.05) is 48.5 Å². The van der Waals surface area contributed by atoms with Crippen molar-refractivity contribution < 1.29 is 13.5 Å². The van der Waals surface area contributed by atoms with Crippen LogP contribution in [-0.2, 0) is 6.54 Å². The highest BCUT2D eigenvalue weighted by atomic mass is 35.5. The molecule has 0 aliphatic carbocycles. The Morgan fingerprint density at radius 3 is 2.58 bits per heavy atom. The fraction of sp³-hybridized carbons (Fsp3) is 0.520. The van der Waals surface area contributed by atoms with Gasteiger partial charge < -0.3 is 10.1 Å². The maximum Gasteiger partial charge on any atom is 0.128 e. The van der Waals surface area contributed by atoms with Crippen molar-refractivity contribution in [2.45, 2.75) is 56.9 Å². The van der Waals surface area contributed by atoms with Gasteiger partial charge in [0.15, 0.2) is 0 Å². The molecule has 172 valence electrons. The van der Waals surface area contributed by atoms with Crippen LogP contribution in [0.3, 0.4) is 0 Å². The molecule has 0 unspecified atom stereocenters. The molecule has 0 spiro atoms. The highest BCUT2D eigenvalue weighted by Crippen LogP contribution is 2.32. The molecule has 1 N–H and O–H groups in total. The molecule has 1 aliphatic heterocycles. The number of likely N-dealkylation sites (tertiary alicyclic amines) is 1. The van der Waals surface area contributed by atoms with E-state index in [-0.39, 0.29) is 18.4 Å². The Kier molecular flexibility index (Phi) is 11.3. The third-order valence-corrected chi connectivity index (χ3v) is 6.00. The lowest BCUT2D eigenvalue weighted by Crippen LogP contribution is -2.48. The van der Waals surface area contributed by atoms with Gasteiger partial charge in [-0.25, -0.2) is 8.78 Å². The van der Waals surface area contributed by atoms with E-state index >= 15 is 0 Å². The number of nitrogens with zero attached hydrogens (tertiary/aromatic N) is 1. The average Bonchev–Trinajstić information content (AvgIpc) is 2.81. The van der Waals surface area contributed by atoms with E-state index in [2.05, 4.69) is 40.5 Å². The van der Waals surface area contributed by atoms with E-state index < -0.39 is 12.8 Å². The molecular formula is C25H35ClF2N2O. The molecule has 3 rings (SSSR count). The Morgan fingerprint density at radius 2 is 1.84 bits per heavy atom. The quantitative estimate of drug-likeness (QED) is 0.430. The lowest BCUT2D eigenvalue weighted by atomic mass is 9.89. The monoisotopic (exact) mass is 452 g/mol. The number of alkyl halides is 2. The van der Waals surface area contributed by atoms with Gasteiger partial charge in [0, 0.05) is 18.2 Å². The number of unbranched alkanes of at least 4 members (excludes halogenated alkanes) is 1. The number of halogens is 3. The summed E-state index contributed by atoms with van der Waals surface area (Å²) in [4.78, 5) is 2.52. The minimum atomic E-state index is -1.31. The Hall–Kier alpha value is -1.69. The molecule has 2 aromatic carbocycles. The molecule has 31 heavy (non-hydrogen) atoms. The summed E-state index contributed by atoms with van der Waals surface area (Å²) < 4.78 is 31.1. The molecular weight excluding hydrogens is 418 g/mol. The van der Waals surface area contributed by atoms with Crippen molar-refractivity contribution in [1.29, 1.82) is 0 Å². The number of ether oxygens (including phenoxy) is 1. The summed E-state index contributed by atoms with van der Waals surface area (Å²) in [5.41, 5.74) is 2.46. The van der Waals surface area contributed by atoms with Gasteiger partial charge in [0.1, 0.15) is 18.6 Å². The summed E-state index contributed by atoms with van der Waals surface area (Å²) in [6.45, 7) is 1.83. The number of rotatable bonds is 11. The summed E-state index contributed by atoms with van der Waals surface area (Å²) in [5.74, 6) is 0.905.